The number of hydrogen-bond donors (Lipinski definition) is 3. The summed E-state index contributed by atoms with van der Waals surface area (Å²) < 4.78 is 37.5. The fraction of sp³-hybridized carbons (Fsp3) is 0.444. The maximum absolute atomic E-state index is 15.6. The molecule has 1 aromatic carbocycles. The van der Waals surface area contributed by atoms with Crippen LogP contribution in [0.4, 0.5) is 20.2 Å². The summed E-state index contributed by atoms with van der Waals surface area (Å²) in [6.45, 7) is 0.799. The van der Waals surface area contributed by atoms with E-state index in [1.165, 1.54) is 9.47 Å². The van der Waals surface area contributed by atoms with Crippen LogP contribution in [-0.4, -0.2) is 48.0 Å². The van der Waals surface area contributed by atoms with Gasteiger partial charge >= 0.3 is 5.97 Å². The van der Waals surface area contributed by atoms with Gasteiger partial charge in [0.2, 0.25) is 5.43 Å². The summed E-state index contributed by atoms with van der Waals surface area (Å²) in [6, 6.07) is -0.614. The number of pyridine rings is 1. The summed E-state index contributed by atoms with van der Waals surface area (Å²) in [5, 5.41) is 8.89. The van der Waals surface area contributed by atoms with E-state index in [9.17, 15) is 14.7 Å². The first-order valence-electron chi connectivity index (χ1n) is 8.99. The van der Waals surface area contributed by atoms with E-state index in [0.717, 1.165) is 6.20 Å². The zero-order valence-corrected chi connectivity index (χ0v) is 15.0. The second-order valence-corrected chi connectivity index (χ2v) is 7.09. The number of benzene rings is 1. The first-order valence-corrected chi connectivity index (χ1v) is 8.99. The van der Waals surface area contributed by atoms with Crippen molar-refractivity contribution in [3.05, 3.63) is 33.6 Å². The molecule has 1 aliphatic heterocycles. The highest BCUT2D eigenvalue weighted by Gasteiger charge is 2.35. The van der Waals surface area contributed by atoms with Crippen molar-refractivity contribution in [3.8, 4) is 0 Å². The van der Waals surface area contributed by atoms with E-state index < -0.39 is 45.7 Å². The predicted octanol–water partition coefficient (Wildman–Crippen LogP) is 1.06. The van der Waals surface area contributed by atoms with Gasteiger partial charge in [-0.2, -0.15) is 0 Å². The minimum atomic E-state index is -1.47. The molecule has 1 atom stereocenters. The number of hydrogen-bond acceptors (Lipinski definition) is 6. The monoisotopic (exact) mass is 394 g/mol. The molecule has 1 aliphatic carbocycles. The van der Waals surface area contributed by atoms with Crippen LogP contribution in [0.1, 0.15) is 29.2 Å². The van der Waals surface area contributed by atoms with Crippen molar-refractivity contribution < 1.29 is 23.4 Å². The standard InChI is InChI=1S/C18H20F2N4O4/c19-12-14(22)11-15(13(20)16(12)23-3-4-28-7-9(23)5-21)24(8-1-2-8)6-10(17(11)25)18(26)27/h6,8-9H,1-5,7,21-22H2,(H,26,27). The normalized spacial score (nSPS) is 20.0. The number of ether oxygens (including phenoxy) is 1. The third-order valence-corrected chi connectivity index (χ3v) is 5.32. The molecule has 28 heavy (non-hydrogen) atoms. The molecular formula is C18H20F2N4O4. The van der Waals surface area contributed by atoms with Gasteiger partial charge in [0.1, 0.15) is 11.3 Å². The predicted molar refractivity (Wildman–Crippen MR) is 98.8 cm³/mol. The van der Waals surface area contributed by atoms with Crippen LogP contribution >= 0.6 is 0 Å². The topological polar surface area (TPSA) is 124 Å². The molecule has 0 amide bonds. The highest BCUT2D eigenvalue weighted by Crippen LogP contribution is 2.42. The Kier molecular flexibility index (Phi) is 4.47. The number of aromatic carboxylic acids is 1. The third kappa shape index (κ3) is 2.71. The highest BCUT2D eigenvalue weighted by atomic mass is 19.1. The number of anilines is 2. The SMILES string of the molecule is NCC1COCCN1c1c(F)c(N)c2c(=O)c(C(=O)O)cn(C3CC3)c2c1F. The van der Waals surface area contributed by atoms with Crippen molar-refractivity contribution in [1.82, 2.24) is 4.57 Å². The molecule has 1 aromatic heterocycles. The average molecular weight is 394 g/mol. The summed E-state index contributed by atoms with van der Waals surface area (Å²) in [4.78, 5) is 25.6. The zero-order valence-electron chi connectivity index (χ0n) is 15.0. The van der Waals surface area contributed by atoms with Crippen molar-refractivity contribution in [3.63, 3.8) is 0 Å². The Morgan fingerprint density at radius 3 is 2.64 bits per heavy atom. The van der Waals surface area contributed by atoms with Gasteiger partial charge in [-0.05, 0) is 12.8 Å². The minimum Gasteiger partial charge on any atom is -0.477 e. The van der Waals surface area contributed by atoms with Gasteiger partial charge in [-0.15, -0.1) is 0 Å². The number of nitrogens with zero attached hydrogens (tertiary/aromatic N) is 2. The lowest BCUT2D eigenvalue weighted by molar-refractivity contribution is 0.0694. The van der Waals surface area contributed by atoms with Crippen LogP contribution in [0.3, 0.4) is 0 Å². The lowest BCUT2D eigenvalue weighted by Gasteiger charge is -2.37. The Balaban J connectivity index is 2.07. The molecule has 150 valence electrons. The maximum Gasteiger partial charge on any atom is 0.341 e. The number of nitrogens with two attached hydrogens (primary N) is 2. The van der Waals surface area contributed by atoms with E-state index in [2.05, 4.69) is 0 Å². The summed E-state index contributed by atoms with van der Waals surface area (Å²) in [6.07, 6.45) is 2.52. The Labute approximate surface area is 158 Å². The molecule has 4 rings (SSSR count). The molecule has 2 aliphatic rings. The number of aromatic nitrogens is 1. The molecule has 8 nitrogen and oxygen atoms in total. The minimum absolute atomic E-state index is 0.115. The van der Waals surface area contributed by atoms with E-state index in [1.807, 2.05) is 0 Å². The summed E-state index contributed by atoms with van der Waals surface area (Å²) >= 11 is 0. The fourth-order valence-corrected chi connectivity index (χ4v) is 3.74. The van der Waals surface area contributed by atoms with Crippen LogP contribution in [0.2, 0.25) is 0 Å². The molecule has 5 N–H and O–H groups in total. The van der Waals surface area contributed by atoms with Gasteiger partial charge < -0.3 is 30.8 Å². The molecule has 2 aromatic rings. The van der Waals surface area contributed by atoms with Crippen molar-refractivity contribution >= 4 is 28.2 Å². The van der Waals surface area contributed by atoms with Gasteiger partial charge in [-0.25, -0.2) is 13.6 Å². The van der Waals surface area contributed by atoms with Crippen LogP contribution in [-0.2, 0) is 4.74 Å². The number of carboxylic acid groups (broad SMARTS) is 1. The van der Waals surface area contributed by atoms with Crippen molar-refractivity contribution in [1.29, 1.82) is 0 Å². The summed E-state index contributed by atoms with van der Waals surface area (Å²) in [5.41, 5.74) is 8.97. The second kappa shape index (κ2) is 6.71. The van der Waals surface area contributed by atoms with Crippen LogP contribution in [0.5, 0.6) is 0 Å². The largest absolute Gasteiger partial charge is 0.477 e. The first-order chi connectivity index (χ1) is 13.4. The smallest absolute Gasteiger partial charge is 0.341 e. The summed E-state index contributed by atoms with van der Waals surface area (Å²) in [5.74, 6) is -3.50. The Hall–Kier alpha value is -2.72. The van der Waals surface area contributed by atoms with Crippen LogP contribution in [0, 0.1) is 11.6 Å². The molecule has 0 bridgehead atoms. The number of nitrogen functional groups attached to an aromatic ring is 1. The van der Waals surface area contributed by atoms with Gasteiger partial charge in [-0.3, -0.25) is 4.79 Å². The lowest BCUT2D eigenvalue weighted by Crippen LogP contribution is -2.50. The van der Waals surface area contributed by atoms with Crippen LogP contribution < -0.4 is 21.8 Å². The Bertz CT molecular complexity index is 1030. The van der Waals surface area contributed by atoms with Gasteiger partial charge in [0.05, 0.1) is 35.8 Å². The maximum atomic E-state index is 15.6. The number of carbonyl (C=O) groups is 1. The average Bonchev–Trinajstić information content (AvgIpc) is 3.51. The van der Waals surface area contributed by atoms with E-state index in [0.29, 0.717) is 12.8 Å². The van der Waals surface area contributed by atoms with Crippen molar-refractivity contribution in [2.75, 3.05) is 36.9 Å². The molecule has 0 spiro atoms. The molecular weight excluding hydrogens is 374 g/mol. The van der Waals surface area contributed by atoms with Crippen LogP contribution in [0.25, 0.3) is 10.9 Å². The van der Waals surface area contributed by atoms with Gasteiger partial charge in [0, 0.05) is 25.3 Å². The Morgan fingerprint density at radius 1 is 1.32 bits per heavy atom. The molecule has 1 saturated heterocycles. The fourth-order valence-electron chi connectivity index (χ4n) is 3.74. The Morgan fingerprint density at radius 2 is 2.04 bits per heavy atom. The van der Waals surface area contributed by atoms with E-state index in [-0.39, 0.29) is 43.5 Å². The number of carboxylic acids is 1. The molecule has 10 heteroatoms. The number of morpholine rings is 1. The molecule has 1 unspecified atom stereocenters. The van der Waals surface area contributed by atoms with E-state index in [4.69, 9.17) is 16.2 Å². The van der Waals surface area contributed by atoms with Crippen molar-refractivity contribution in [2.45, 2.75) is 24.9 Å². The molecule has 2 fully saturated rings. The van der Waals surface area contributed by atoms with Gasteiger partial charge in [0.15, 0.2) is 11.6 Å². The number of fused-ring (bicyclic) bond motifs is 1. The second-order valence-electron chi connectivity index (χ2n) is 7.09. The number of rotatable bonds is 4. The van der Waals surface area contributed by atoms with E-state index in [1.54, 1.807) is 0 Å². The van der Waals surface area contributed by atoms with Crippen LogP contribution in [0.15, 0.2) is 11.0 Å². The molecule has 2 heterocycles. The molecule has 1 saturated carbocycles. The van der Waals surface area contributed by atoms with Crippen molar-refractivity contribution in [2.24, 2.45) is 5.73 Å². The number of halogens is 2. The first kappa shape index (κ1) is 18.6. The van der Waals surface area contributed by atoms with Gasteiger partial charge in [-0.1, -0.05) is 0 Å². The zero-order chi connectivity index (χ0) is 20.2. The summed E-state index contributed by atoms with van der Waals surface area (Å²) in [7, 11) is 0. The van der Waals surface area contributed by atoms with Gasteiger partial charge in [0.25, 0.3) is 0 Å². The highest BCUT2D eigenvalue weighted by molar-refractivity contribution is 5.99. The third-order valence-electron chi connectivity index (χ3n) is 5.32. The quantitative estimate of drug-likeness (QED) is 0.663. The van der Waals surface area contributed by atoms with E-state index >= 15 is 8.78 Å². The lowest BCUT2D eigenvalue weighted by atomic mass is 10.0. The molecule has 0 radical (unpaired) electrons.